The van der Waals surface area contributed by atoms with Gasteiger partial charge in [-0.15, -0.1) is 12.6 Å². The number of rotatable bonds is 5. The van der Waals surface area contributed by atoms with Crippen molar-refractivity contribution in [1.82, 2.24) is 0 Å². The quantitative estimate of drug-likeness (QED) is 0.497. The van der Waals surface area contributed by atoms with E-state index in [4.69, 9.17) is 4.55 Å². The first-order valence-corrected chi connectivity index (χ1v) is 8.63. The molecule has 0 bridgehead atoms. The maximum atomic E-state index is 10.6. The van der Waals surface area contributed by atoms with Crippen molar-refractivity contribution in [2.24, 2.45) is 0 Å². The van der Waals surface area contributed by atoms with Gasteiger partial charge in [-0.2, -0.15) is 8.42 Å². The highest BCUT2D eigenvalue weighted by Gasteiger charge is 2.26. The molecule has 1 unspecified atom stereocenters. The Labute approximate surface area is 117 Å². The molecule has 0 aliphatic carbocycles. The number of thioether (sulfide) groups is 1. The molecule has 0 saturated carbocycles. The van der Waals surface area contributed by atoms with E-state index in [2.05, 4.69) is 23.6 Å². The highest BCUT2D eigenvalue weighted by molar-refractivity contribution is 8.11. The van der Waals surface area contributed by atoms with Crippen molar-refractivity contribution in [2.45, 2.75) is 22.4 Å². The van der Waals surface area contributed by atoms with Crippen molar-refractivity contribution >= 4 is 40.2 Å². The normalized spacial score (nSPS) is 19.0. The van der Waals surface area contributed by atoms with E-state index in [1.165, 1.54) is 4.90 Å². The fraction of sp³-hybridized carbons (Fsp3) is 0.455. The smallest absolute Gasteiger partial charge is 0.264 e. The van der Waals surface area contributed by atoms with Gasteiger partial charge in [-0.3, -0.25) is 4.55 Å². The summed E-state index contributed by atoms with van der Waals surface area (Å²) in [6, 6.07) is 8.08. The highest BCUT2D eigenvalue weighted by Crippen LogP contribution is 2.44. The minimum Gasteiger partial charge on any atom is -0.350 e. The topological polar surface area (TPSA) is 57.6 Å². The second-order valence-corrected chi connectivity index (χ2v) is 7.63. The molecule has 0 aromatic heterocycles. The summed E-state index contributed by atoms with van der Waals surface area (Å²) in [6.45, 7) is 0.744. The molecule has 1 heterocycles. The second-order valence-electron chi connectivity index (χ2n) is 4.10. The summed E-state index contributed by atoms with van der Waals surface area (Å²) in [5.74, 6) is -0.174. The van der Waals surface area contributed by atoms with E-state index in [0.29, 0.717) is 12.8 Å². The monoisotopic (exact) mass is 305 g/mol. The van der Waals surface area contributed by atoms with Gasteiger partial charge in [-0.1, -0.05) is 23.9 Å². The minimum absolute atomic E-state index is 0.0770. The van der Waals surface area contributed by atoms with E-state index in [9.17, 15) is 8.42 Å². The number of benzene rings is 1. The molecule has 0 spiro atoms. The molecule has 0 saturated heterocycles. The number of para-hydroxylation sites is 1. The van der Waals surface area contributed by atoms with Crippen molar-refractivity contribution in [3.05, 3.63) is 24.3 Å². The Kier molecular flexibility index (Phi) is 4.47. The van der Waals surface area contributed by atoms with Crippen molar-refractivity contribution < 1.29 is 13.0 Å². The number of thiol groups is 1. The molecule has 0 radical (unpaired) electrons. The van der Waals surface area contributed by atoms with Crippen molar-refractivity contribution in [1.29, 1.82) is 0 Å². The van der Waals surface area contributed by atoms with Crippen LogP contribution in [0.25, 0.3) is 0 Å². The number of fused-ring (bicyclic) bond motifs is 1. The second kappa shape index (κ2) is 5.73. The summed E-state index contributed by atoms with van der Waals surface area (Å²) in [5.41, 5.74) is 1.15. The van der Waals surface area contributed by atoms with Gasteiger partial charge in [-0.05, 0) is 25.0 Å². The average molecular weight is 305 g/mol. The summed E-state index contributed by atoms with van der Waals surface area (Å²) >= 11 is 6.20. The molecule has 1 aliphatic rings. The third-order valence-electron chi connectivity index (χ3n) is 2.72. The first kappa shape index (κ1) is 14.0. The van der Waals surface area contributed by atoms with Gasteiger partial charge in [0.05, 0.1) is 11.4 Å². The summed E-state index contributed by atoms with van der Waals surface area (Å²) in [6.07, 6.45) is 1.18. The maximum absolute atomic E-state index is 10.6. The lowest BCUT2D eigenvalue weighted by atomic mass is 10.2. The standard InChI is InChI=1S/C11H15NO3S3/c13-18(14,15)8-4-3-7-12-9-5-1-2-6-10(9)17-11(12)16/h1-2,5-6,11,16H,3-4,7-8H2,(H,13,14,15). The molecule has 0 fully saturated rings. The molecule has 2 rings (SSSR count). The molecule has 1 aromatic rings. The van der Waals surface area contributed by atoms with E-state index in [1.807, 2.05) is 18.2 Å². The first-order chi connectivity index (χ1) is 8.47. The van der Waals surface area contributed by atoms with Crippen LogP contribution in [-0.2, 0) is 10.1 Å². The van der Waals surface area contributed by atoms with E-state index >= 15 is 0 Å². The number of unbranched alkanes of at least 4 members (excludes halogenated alkanes) is 1. The highest BCUT2D eigenvalue weighted by atomic mass is 32.2. The zero-order chi connectivity index (χ0) is 13.2. The molecule has 0 amide bonds. The Morgan fingerprint density at radius 3 is 2.78 bits per heavy atom. The Bertz CT molecular complexity index is 518. The summed E-state index contributed by atoms with van der Waals surface area (Å²) in [5, 5.41) is 0. The van der Waals surface area contributed by atoms with Crippen LogP contribution in [-0.4, -0.2) is 30.0 Å². The summed E-state index contributed by atoms with van der Waals surface area (Å²) < 4.78 is 30.0. The molecule has 1 aliphatic heterocycles. The first-order valence-electron chi connectivity index (χ1n) is 5.63. The lowest BCUT2D eigenvalue weighted by Gasteiger charge is -2.22. The number of nitrogens with zero attached hydrogens (tertiary/aromatic N) is 1. The predicted octanol–water partition coefficient (Wildman–Crippen LogP) is 2.48. The van der Waals surface area contributed by atoms with Gasteiger partial charge in [0.15, 0.2) is 0 Å². The van der Waals surface area contributed by atoms with Crippen LogP contribution < -0.4 is 4.90 Å². The van der Waals surface area contributed by atoms with Crippen molar-refractivity contribution in [2.75, 3.05) is 17.2 Å². The van der Waals surface area contributed by atoms with Gasteiger partial charge in [0.1, 0.15) is 4.71 Å². The lowest BCUT2D eigenvalue weighted by molar-refractivity contribution is 0.480. The molecule has 1 N–H and O–H groups in total. The third-order valence-corrected chi connectivity index (χ3v) is 5.19. The molecule has 18 heavy (non-hydrogen) atoms. The van der Waals surface area contributed by atoms with E-state index < -0.39 is 10.1 Å². The third kappa shape index (κ3) is 3.57. The van der Waals surface area contributed by atoms with Gasteiger partial charge in [0, 0.05) is 11.4 Å². The number of hydrogen-bond acceptors (Lipinski definition) is 5. The zero-order valence-electron chi connectivity index (χ0n) is 9.69. The zero-order valence-corrected chi connectivity index (χ0v) is 12.2. The molecule has 1 aromatic carbocycles. The van der Waals surface area contributed by atoms with Crippen LogP contribution in [0.15, 0.2) is 29.2 Å². The van der Waals surface area contributed by atoms with Crippen molar-refractivity contribution in [3.8, 4) is 0 Å². The largest absolute Gasteiger partial charge is 0.350 e. The molecule has 7 heteroatoms. The predicted molar refractivity (Wildman–Crippen MR) is 78.1 cm³/mol. The molecule has 100 valence electrons. The van der Waals surface area contributed by atoms with Gasteiger partial charge < -0.3 is 4.90 Å². The van der Waals surface area contributed by atoms with Gasteiger partial charge in [0.2, 0.25) is 0 Å². The van der Waals surface area contributed by atoms with Crippen LogP contribution in [0.1, 0.15) is 12.8 Å². The lowest BCUT2D eigenvalue weighted by Crippen LogP contribution is -2.26. The summed E-state index contributed by atoms with van der Waals surface area (Å²) in [4.78, 5) is 3.35. The van der Waals surface area contributed by atoms with Gasteiger partial charge in [0.25, 0.3) is 10.1 Å². The Balaban J connectivity index is 1.90. The van der Waals surface area contributed by atoms with E-state index in [1.54, 1.807) is 11.8 Å². The maximum Gasteiger partial charge on any atom is 0.264 e. The Morgan fingerprint density at radius 2 is 2.06 bits per heavy atom. The van der Waals surface area contributed by atoms with Crippen LogP contribution >= 0.6 is 24.4 Å². The number of hydrogen-bond donors (Lipinski definition) is 2. The average Bonchev–Trinajstić information content (AvgIpc) is 2.59. The molecule has 1 atom stereocenters. The fourth-order valence-corrected chi connectivity index (χ4v) is 4.07. The van der Waals surface area contributed by atoms with Crippen LogP contribution in [0.2, 0.25) is 0 Å². The molecule has 4 nitrogen and oxygen atoms in total. The van der Waals surface area contributed by atoms with Gasteiger partial charge >= 0.3 is 0 Å². The van der Waals surface area contributed by atoms with Crippen LogP contribution in [0, 0.1) is 0 Å². The fourth-order valence-electron chi connectivity index (χ4n) is 1.89. The molecular formula is C11H15NO3S3. The molecular weight excluding hydrogens is 290 g/mol. The van der Waals surface area contributed by atoms with E-state index in [0.717, 1.165) is 12.2 Å². The Hall–Kier alpha value is -0.370. The van der Waals surface area contributed by atoms with E-state index in [-0.39, 0.29) is 10.5 Å². The van der Waals surface area contributed by atoms with Crippen LogP contribution in [0.4, 0.5) is 5.69 Å². The number of anilines is 1. The van der Waals surface area contributed by atoms with Gasteiger partial charge in [-0.25, -0.2) is 0 Å². The Morgan fingerprint density at radius 1 is 1.33 bits per heavy atom. The van der Waals surface area contributed by atoms with Crippen LogP contribution in [0.3, 0.4) is 0 Å². The summed E-state index contributed by atoms with van der Waals surface area (Å²) in [7, 11) is -3.84. The minimum atomic E-state index is -3.84. The van der Waals surface area contributed by atoms with Crippen molar-refractivity contribution in [3.63, 3.8) is 0 Å². The van der Waals surface area contributed by atoms with Crippen LogP contribution in [0.5, 0.6) is 0 Å². The SMILES string of the molecule is O=S(=O)(O)CCCCN1c2ccccc2SC1S.